The maximum absolute atomic E-state index is 14.2. The zero-order valence-corrected chi connectivity index (χ0v) is 56.4. The number of carbonyl (C=O) groups excluding carboxylic acids is 3. The van der Waals surface area contributed by atoms with Gasteiger partial charge in [-0.05, 0) is 200 Å². The van der Waals surface area contributed by atoms with Gasteiger partial charge in [-0.15, -0.1) is 11.6 Å². The smallest absolute Gasteiger partial charge is 0.463 e. The molecule has 1 saturated carbocycles. The van der Waals surface area contributed by atoms with Gasteiger partial charge in [-0.2, -0.15) is 21.6 Å². The Kier molecular flexibility index (Phi) is 27.2. The minimum absolute atomic E-state index is 0.0382. The summed E-state index contributed by atoms with van der Waals surface area (Å²) in [6.45, 7) is 5.80. The first-order chi connectivity index (χ1) is 41.3. The van der Waals surface area contributed by atoms with Crippen molar-refractivity contribution >= 4 is 137 Å². The largest absolute Gasteiger partial charge is 0.534 e. The summed E-state index contributed by atoms with van der Waals surface area (Å²) in [6, 6.07) is 19.7. The minimum atomic E-state index is -5.73. The molecule has 4 aromatic carbocycles. The van der Waals surface area contributed by atoms with E-state index in [0.29, 0.717) is 82.8 Å². The molecule has 2 atom stereocenters. The lowest BCUT2D eigenvalue weighted by Gasteiger charge is -2.36. The summed E-state index contributed by atoms with van der Waals surface area (Å²) in [5.74, 6) is -1.01. The van der Waals surface area contributed by atoms with Crippen LogP contribution in [0.15, 0.2) is 124 Å². The molecule has 6 aliphatic rings. The van der Waals surface area contributed by atoms with Crippen molar-refractivity contribution in [3.63, 3.8) is 0 Å². The fourth-order valence-corrected chi connectivity index (χ4v) is 14.3. The van der Waals surface area contributed by atoms with Gasteiger partial charge >= 0.3 is 33.5 Å². The third-order valence-corrected chi connectivity index (χ3v) is 19.1. The summed E-state index contributed by atoms with van der Waals surface area (Å²) in [5.41, 5.74) is 7.30. The molecule has 11 nitrogen and oxygen atoms in total. The Morgan fingerprint density at radius 1 is 0.609 bits per heavy atom. The molecular weight excluding hydrogens is 1470 g/mol. The van der Waals surface area contributed by atoms with Gasteiger partial charge in [0.1, 0.15) is 29.0 Å². The monoisotopic (exact) mass is 1530 g/mol. The van der Waals surface area contributed by atoms with Crippen LogP contribution < -0.4 is 5.73 Å². The van der Waals surface area contributed by atoms with Crippen LogP contribution in [0.5, 0.6) is 0 Å². The van der Waals surface area contributed by atoms with E-state index in [4.69, 9.17) is 26.8 Å². The van der Waals surface area contributed by atoms with E-state index in [9.17, 15) is 53.5 Å². The summed E-state index contributed by atoms with van der Waals surface area (Å²) in [6.07, 6.45) is 11.1. The van der Waals surface area contributed by atoms with Gasteiger partial charge in [-0.1, -0.05) is 87.5 Å². The number of hydrogen-bond acceptors (Lipinski definition) is 12. The number of rotatable bonds is 13. The van der Waals surface area contributed by atoms with Gasteiger partial charge in [0.05, 0.1) is 30.9 Å². The molecule has 0 saturated heterocycles. The highest BCUT2D eigenvalue weighted by molar-refractivity contribution is 9.11. The van der Waals surface area contributed by atoms with Crippen LogP contribution in [0.3, 0.4) is 0 Å². The molecule has 87 heavy (non-hydrogen) atoms. The van der Waals surface area contributed by atoms with Crippen molar-refractivity contribution in [2.75, 3.05) is 31.5 Å². The number of fused-ring (bicyclic) bond motifs is 1. The van der Waals surface area contributed by atoms with Gasteiger partial charge in [0.15, 0.2) is 5.17 Å². The molecule has 1 heterocycles. The van der Waals surface area contributed by atoms with E-state index in [1.807, 2.05) is 12.1 Å². The summed E-state index contributed by atoms with van der Waals surface area (Å²) < 4.78 is 135. The number of nitrogens with two attached hydrogens (primary N) is 1. The minimum Gasteiger partial charge on any atom is -0.463 e. The van der Waals surface area contributed by atoms with Crippen LogP contribution in [-0.2, 0) is 48.4 Å². The number of carbonyl (C=O) groups is 3. The molecule has 0 aromatic heterocycles. The number of hydrogen-bond donors (Lipinski definition) is 1. The van der Waals surface area contributed by atoms with Gasteiger partial charge in [0, 0.05) is 69.3 Å². The third-order valence-electron chi connectivity index (χ3n) is 14.8. The number of allylic oxidation sites excluding steroid dienone is 5. The molecule has 0 amide bonds. The molecule has 10 rings (SSSR count). The Morgan fingerprint density at radius 3 is 1.49 bits per heavy atom. The lowest BCUT2D eigenvalue weighted by Crippen LogP contribution is -2.37. The summed E-state index contributed by atoms with van der Waals surface area (Å²) in [5, 5.41) is 0.590. The first-order valence-electron chi connectivity index (χ1n) is 28.0. The van der Waals surface area contributed by atoms with Gasteiger partial charge in [0.25, 0.3) is 0 Å². The first kappa shape index (κ1) is 71.6. The number of aliphatic imine (C=N–C) groups is 1. The fraction of sp³-hybridized carbons (Fsp3) is 0.419. The van der Waals surface area contributed by atoms with Crippen LogP contribution in [0.1, 0.15) is 139 Å². The van der Waals surface area contributed by atoms with E-state index in [-0.39, 0.29) is 60.2 Å². The molecule has 0 unspecified atom stereocenters. The highest BCUT2D eigenvalue weighted by Crippen LogP contribution is 2.52. The van der Waals surface area contributed by atoms with Crippen LogP contribution in [-0.4, -0.2) is 68.5 Å². The lowest BCUT2D eigenvalue weighted by atomic mass is 9.81. The zero-order chi connectivity index (χ0) is 63.8. The van der Waals surface area contributed by atoms with Crippen molar-refractivity contribution in [3.8, 4) is 0 Å². The standard InChI is InChI=1S/2C14H14BrFO2.C13H14BrFN2S.C12H11BrClF.C9H11F3O5S/c2*1-2-18-14(17)11-5-3-4-10(11)12-8-9(15)6-7-13(12)16;14-9-3-4-11(15)10(6-9)13-5-1-2-8(13)7-18-12(16)17-13;13-9-4-5-12(15)11(6-9)10-3-1-2-8(10)7-14;1-2-16-8(13)6-4-3-5-7(6)17-18(14,15)9(10,11)12/h2*6-8H,2-5H2,1H3;3-4,6,8H,1-2,5,7H2,(H2,16,17);4-6H,1-3,7H2;2-5H2,1H3/t;;8-,13-;;/m..0../s1. The van der Waals surface area contributed by atoms with Crippen molar-refractivity contribution < 1.29 is 71.9 Å². The van der Waals surface area contributed by atoms with Gasteiger partial charge in [-0.25, -0.2) is 31.9 Å². The second-order valence-electron chi connectivity index (χ2n) is 20.4. The van der Waals surface area contributed by atoms with Crippen LogP contribution >= 0.6 is 87.1 Å². The highest BCUT2D eigenvalue weighted by Gasteiger charge is 2.50. The molecular formula is C62H64Br4ClF7N2O9S2. The number of thioether (sulfide) groups is 1. The molecule has 5 aliphatic carbocycles. The van der Waals surface area contributed by atoms with E-state index in [1.165, 1.54) is 36.8 Å². The van der Waals surface area contributed by atoms with Crippen molar-refractivity contribution in [1.82, 2.24) is 0 Å². The van der Waals surface area contributed by atoms with E-state index in [1.54, 1.807) is 62.0 Å². The second kappa shape index (κ2) is 33.0. The van der Waals surface area contributed by atoms with Gasteiger partial charge in [0.2, 0.25) is 0 Å². The molecule has 2 N–H and O–H groups in total. The number of esters is 3. The average molecular weight is 1530 g/mol. The lowest BCUT2D eigenvalue weighted by molar-refractivity contribution is -0.139. The number of amidine groups is 1. The van der Waals surface area contributed by atoms with Gasteiger partial charge < -0.3 is 24.1 Å². The Bertz CT molecular complexity index is 3380. The number of halogens is 12. The van der Waals surface area contributed by atoms with Crippen LogP contribution in [0.25, 0.3) is 16.7 Å². The Labute approximate surface area is 545 Å². The molecule has 0 radical (unpaired) electrons. The molecule has 0 bridgehead atoms. The number of nitrogens with zero attached hydrogens (tertiary/aromatic N) is 1. The van der Waals surface area contributed by atoms with E-state index < -0.39 is 32.9 Å². The van der Waals surface area contributed by atoms with E-state index >= 15 is 0 Å². The predicted octanol–water partition coefficient (Wildman–Crippen LogP) is 18.4. The van der Waals surface area contributed by atoms with Crippen LogP contribution in [0.4, 0.5) is 30.7 Å². The van der Waals surface area contributed by atoms with Crippen LogP contribution in [0, 0.1) is 29.2 Å². The maximum Gasteiger partial charge on any atom is 0.534 e. The predicted molar refractivity (Wildman–Crippen MR) is 339 cm³/mol. The van der Waals surface area contributed by atoms with E-state index in [2.05, 4.69) is 77.6 Å². The van der Waals surface area contributed by atoms with Crippen molar-refractivity contribution in [2.24, 2.45) is 16.6 Å². The van der Waals surface area contributed by atoms with Crippen LogP contribution in [0.2, 0.25) is 0 Å². The van der Waals surface area contributed by atoms with Crippen molar-refractivity contribution in [3.05, 3.63) is 164 Å². The number of alkyl halides is 4. The van der Waals surface area contributed by atoms with E-state index in [0.717, 1.165) is 105 Å². The Balaban J connectivity index is 0.000000174. The molecule has 1 aliphatic heterocycles. The quantitative estimate of drug-likeness (QED) is 0.0339. The topological polar surface area (TPSA) is 161 Å². The maximum atomic E-state index is 14.2. The number of benzene rings is 4. The Morgan fingerprint density at radius 2 is 1.02 bits per heavy atom. The third kappa shape index (κ3) is 18.8. The molecule has 472 valence electrons. The van der Waals surface area contributed by atoms with Gasteiger partial charge in [-0.3, -0.25) is 4.99 Å². The summed E-state index contributed by atoms with van der Waals surface area (Å²) >= 11 is 20.9. The SMILES string of the molecule is CCOC(=O)C1=C(OS(=O)(=O)C(F)(F)F)CCC1.CCOC(=O)C1=C(c2cc(Br)ccc2F)CCC1.CCOC(=O)C1=C(c2cc(Br)ccc2F)CCC1.Fc1ccc(Br)cc1C1=C(CCl)CCC1.NC1=N[C@@]2(c3cc(Br)ccc3F)CCC[C@H]2CS1. The first-order valence-corrected chi connectivity index (χ1v) is 34.1. The number of ether oxygens (including phenoxy) is 3. The fourth-order valence-electron chi connectivity index (χ4n) is 10.9. The molecule has 4 aromatic rings. The average Bonchev–Trinajstić information content (AvgIpc) is 1.76. The normalized spacial score (nSPS) is 18.9. The Hall–Kier alpha value is -4.46. The highest BCUT2D eigenvalue weighted by atomic mass is 79.9. The summed E-state index contributed by atoms with van der Waals surface area (Å²) in [7, 11) is -5.73. The zero-order valence-electron chi connectivity index (χ0n) is 47.7. The molecule has 25 heteroatoms. The summed E-state index contributed by atoms with van der Waals surface area (Å²) in [4.78, 5) is 39.6. The van der Waals surface area contributed by atoms with Crippen molar-refractivity contribution in [2.45, 2.75) is 128 Å². The van der Waals surface area contributed by atoms with Crippen molar-refractivity contribution in [1.29, 1.82) is 0 Å². The second-order valence-corrected chi connectivity index (χ2v) is 26.9. The molecule has 0 spiro atoms. The molecule has 1 fully saturated rings.